The summed E-state index contributed by atoms with van der Waals surface area (Å²) < 4.78 is 5.85. The predicted octanol–water partition coefficient (Wildman–Crippen LogP) is 2.39. The summed E-state index contributed by atoms with van der Waals surface area (Å²) in [5.41, 5.74) is 1.07. The van der Waals surface area contributed by atoms with E-state index in [2.05, 4.69) is 35.9 Å². The lowest BCUT2D eigenvalue weighted by molar-refractivity contribution is -0.0174. The normalized spacial score (nSPS) is 25.8. The van der Waals surface area contributed by atoms with Gasteiger partial charge in [0.05, 0.1) is 12.2 Å². The molecule has 0 radical (unpaired) electrons. The highest BCUT2D eigenvalue weighted by Crippen LogP contribution is 2.19. The Hall–Kier alpha value is -1.09. The van der Waals surface area contributed by atoms with Gasteiger partial charge in [0, 0.05) is 18.8 Å². The first kappa shape index (κ1) is 11.4. The van der Waals surface area contributed by atoms with E-state index in [0.717, 1.165) is 31.0 Å². The summed E-state index contributed by atoms with van der Waals surface area (Å²) in [5, 5.41) is 0. The second-order valence-electron chi connectivity index (χ2n) is 4.52. The first-order chi connectivity index (χ1) is 7.69. The number of ether oxygens (including phenoxy) is 1. The molecule has 3 nitrogen and oxygen atoms in total. The number of pyridine rings is 1. The van der Waals surface area contributed by atoms with Crippen LogP contribution in [-0.2, 0) is 4.74 Å². The van der Waals surface area contributed by atoms with Crippen molar-refractivity contribution >= 4 is 5.82 Å². The number of morpholine rings is 1. The van der Waals surface area contributed by atoms with Crippen LogP contribution in [-0.4, -0.2) is 30.3 Å². The third-order valence-electron chi connectivity index (χ3n) is 2.98. The molecule has 1 saturated heterocycles. The smallest absolute Gasteiger partial charge is 0.128 e. The van der Waals surface area contributed by atoms with Gasteiger partial charge in [0.2, 0.25) is 0 Å². The van der Waals surface area contributed by atoms with Gasteiger partial charge in [-0.05, 0) is 32.4 Å². The van der Waals surface area contributed by atoms with Gasteiger partial charge in [-0.15, -0.1) is 0 Å². The van der Waals surface area contributed by atoms with E-state index < -0.39 is 0 Å². The Morgan fingerprint density at radius 1 is 1.44 bits per heavy atom. The van der Waals surface area contributed by atoms with Crippen molar-refractivity contribution in [1.82, 2.24) is 4.98 Å². The number of aromatic nitrogens is 1. The van der Waals surface area contributed by atoms with Crippen molar-refractivity contribution < 1.29 is 4.74 Å². The molecule has 0 N–H and O–H groups in total. The number of anilines is 1. The molecule has 0 spiro atoms. The Labute approximate surface area is 97.4 Å². The summed E-state index contributed by atoms with van der Waals surface area (Å²) in [6, 6.07) is 6.18. The van der Waals surface area contributed by atoms with Crippen LogP contribution in [0.2, 0.25) is 0 Å². The van der Waals surface area contributed by atoms with Crippen molar-refractivity contribution in [2.75, 3.05) is 18.0 Å². The van der Waals surface area contributed by atoms with E-state index in [-0.39, 0.29) is 0 Å². The van der Waals surface area contributed by atoms with Gasteiger partial charge in [0.1, 0.15) is 5.82 Å². The highest BCUT2D eigenvalue weighted by molar-refractivity contribution is 5.40. The molecular weight excluding hydrogens is 200 g/mol. The maximum absolute atomic E-state index is 5.85. The Morgan fingerprint density at radius 2 is 2.25 bits per heavy atom. The van der Waals surface area contributed by atoms with Crippen molar-refractivity contribution in [3.8, 4) is 0 Å². The minimum Gasteiger partial charge on any atom is -0.372 e. The molecule has 0 aromatic carbocycles. The molecule has 0 amide bonds. The fourth-order valence-corrected chi connectivity index (χ4v) is 2.16. The molecular formula is C13H20N2O. The molecule has 1 fully saturated rings. The Bertz CT molecular complexity index is 354. The number of hydrogen-bond donors (Lipinski definition) is 0. The maximum atomic E-state index is 5.85. The second-order valence-corrected chi connectivity index (χ2v) is 4.52. The number of rotatable bonds is 2. The van der Waals surface area contributed by atoms with Gasteiger partial charge in [-0.3, -0.25) is 0 Å². The Balaban J connectivity index is 2.14. The van der Waals surface area contributed by atoms with E-state index in [1.165, 1.54) is 0 Å². The van der Waals surface area contributed by atoms with Crippen LogP contribution in [0.15, 0.2) is 18.2 Å². The van der Waals surface area contributed by atoms with Crippen molar-refractivity contribution in [3.05, 3.63) is 23.9 Å². The van der Waals surface area contributed by atoms with E-state index >= 15 is 0 Å². The zero-order chi connectivity index (χ0) is 11.5. The van der Waals surface area contributed by atoms with E-state index in [1.54, 1.807) is 0 Å². The maximum Gasteiger partial charge on any atom is 0.128 e. The van der Waals surface area contributed by atoms with Gasteiger partial charge in [-0.1, -0.05) is 13.0 Å². The number of hydrogen-bond acceptors (Lipinski definition) is 3. The third-order valence-corrected chi connectivity index (χ3v) is 2.98. The summed E-state index contributed by atoms with van der Waals surface area (Å²) in [4.78, 5) is 6.90. The fourth-order valence-electron chi connectivity index (χ4n) is 2.16. The highest BCUT2D eigenvalue weighted by atomic mass is 16.5. The van der Waals surface area contributed by atoms with Gasteiger partial charge in [-0.2, -0.15) is 0 Å². The summed E-state index contributed by atoms with van der Waals surface area (Å²) in [6.07, 6.45) is 1.69. The molecule has 2 heterocycles. The zero-order valence-electron chi connectivity index (χ0n) is 10.3. The molecule has 88 valence electrons. The first-order valence-electron chi connectivity index (χ1n) is 6.03. The Morgan fingerprint density at radius 3 is 2.94 bits per heavy atom. The largest absolute Gasteiger partial charge is 0.372 e. The van der Waals surface area contributed by atoms with Gasteiger partial charge in [0.15, 0.2) is 0 Å². The van der Waals surface area contributed by atoms with Crippen LogP contribution in [0.25, 0.3) is 0 Å². The minimum absolute atomic E-state index is 0.293. The van der Waals surface area contributed by atoms with Crippen LogP contribution < -0.4 is 4.90 Å². The molecule has 16 heavy (non-hydrogen) atoms. The lowest BCUT2D eigenvalue weighted by Gasteiger charge is -2.37. The fraction of sp³-hybridized carbons (Fsp3) is 0.615. The summed E-state index contributed by atoms with van der Waals surface area (Å²) >= 11 is 0. The SMILES string of the molecule is CCC1CN(c2cccc(C)n2)CC(C)O1. The molecule has 1 aliphatic heterocycles. The second kappa shape index (κ2) is 4.83. The molecule has 0 bridgehead atoms. The van der Waals surface area contributed by atoms with Crippen LogP contribution in [0.5, 0.6) is 0 Å². The van der Waals surface area contributed by atoms with Gasteiger partial charge < -0.3 is 9.64 Å². The van der Waals surface area contributed by atoms with E-state index in [0.29, 0.717) is 12.2 Å². The van der Waals surface area contributed by atoms with Crippen LogP contribution in [0.3, 0.4) is 0 Å². The molecule has 2 atom stereocenters. The van der Waals surface area contributed by atoms with Crippen LogP contribution in [0.1, 0.15) is 26.0 Å². The molecule has 3 heteroatoms. The lowest BCUT2D eigenvalue weighted by atomic mass is 10.2. The molecule has 1 aromatic heterocycles. The number of aryl methyl sites for hydroxylation is 1. The molecule has 0 saturated carbocycles. The van der Waals surface area contributed by atoms with E-state index in [9.17, 15) is 0 Å². The molecule has 2 rings (SSSR count). The zero-order valence-corrected chi connectivity index (χ0v) is 10.3. The third kappa shape index (κ3) is 2.53. The van der Waals surface area contributed by atoms with E-state index in [4.69, 9.17) is 4.74 Å². The molecule has 1 aromatic rings. The van der Waals surface area contributed by atoms with Crippen LogP contribution in [0, 0.1) is 6.92 Å². The molecule has 2 unspecified atom stereocenters. The molecule has 1 aliphatic rings. The van der Waals surface area contributed by atoms with E-state index in [1.807, 2.05) is 13.0 Å². The van der Waals surface area contributed by atoms with Crippen molar-refractivity contribution in [2.45, 2.75) is 39.4 Å². The summed E-state index contributed by atoms with van der Waals surface area (Å²) in [7, 11) is 0. The average Bonchev–Trinajstić information content (AvgIpc) is 2.28. The standard InChI is InChI=1S/C13H20N2O/c1-4-12-9-15(8-11(3)16-12)13-7-5-6-10(2)14-13/h5-7,11-12H,4,8-9H2,1-3H3. The van der Waals surface area contributed by atoms with Crippen molar-refractivity contribution in [3.63, 3.8) is 0 Å². The lowest BCUT2D eigenvalue weighted by Crippen LogP contribution is -2.46. The molecule has 0 aliphatic carbocycles. The predicted molar refractivity (Wildman–Crippen MR) is 65.8 cm³/mol. The van der Waals surface area contributed by atoms with Gasteiger partial charge in [0.25, 0.3) is 0 Å². The highest BCUT2D eigenvalue weighted by Gasteiger charge is 2.24. The van der Waals surface area contributed by atoms with Crippen LogP contribution in [0.4, 0.5) is 5.82 Å². The summed E-state index contributed by atoms with van der Waals surface area (Å²) in [6.45, 7) is 8.23. The monoisotopic (exact) mass is 220 g/mol. The van der Waals surface area contributed by atoms with Gasteiger partial charge in [-0.25, -0.2) is 4.98 Å². The summed E-state index contributed by atoms with van der Waals surface area (Å²) in [5.74, 6) is 1.08. The quantitative estimate of drug-likeness (QED) is 0.765. The first-order valence-corrected chi connectivity index (χ1v) is 6.03. The minimum atomic E-state index is 0.293. The van der Waals surface area contributed by atoms with Crippen LogP contribution >= 0.6 is 0 Å². The number of nitrogens with zero attached hydrogens (tertiary/aromatic N) is 2. The topological polar surface area (TPSA) is 25.4 Å². The van der Waals surface area contributed by atoms with Crippen molar-refractivity contribution in [1.29, 1.82) is 0 Å². The van der Waals surface area contributed by atoms with Crippen molar-refractivity contribution in [2.24, 2.45) is 0 Å². The average molecular weight is 220 g/mol. The Kier molecular flexibility index (Phi) is 3.44. The van der Waals surface area contributed by atoms with Gasteiger partial charge >= 0.3 is 0 Å².